The minimum absolute atomic E-state index is 0.153. The number of allylic oxidation sites excluding steroid dienone is 1. The Kier molecular flexibility index (Phi) is 3.08. The lowest BCUT2D eigenvalue weighted by molar-refractivity contribution is 0.597. The summed E-state index contributed by atoms with van der Waals surface area (Å²) in [6, 6.07) is 4.85. The fraction of sp³-hybridized carbons (Fsp3) is 0.200. The number of primary sulfonamides is 1. The molecule has 76 valence electrons. The summed E-state index contributed by atoms with van der Waals surface area (Å²) >= 11 is 0. The second kappa shape index (κ2) is 3.94. The maximum Gasteiger partial charge on any atom is 0.238 e. The SMILES string of the molecule is C=CCc1cc(S(N)(=O)=O)ccc1C. The van der Waals surface area contributed by atoms with Gasteiger partial charge in [-0.15, -0.1) is 6.58 Å². The van der Waals surface area contributed by atoms with E-state index >= 15 is 0 Å². The lowest BCUT2D eigenvalue weighted by Gasteiger charge is -2.05. The van der Waals surface area contributed by atoms with Crippen LogP contribution in [0.15, 0.2) is 35.7 Å². The molecule has 0 aliphatic heterocycles. The van der Waals surface area contributed by atoms with Crippen molar-refractivity contribution in [3.63, 3.8) is 0 Å². The Bertz CT molecular complexity index is 449. The average molecular weight is 211 g/mol. The Morgan fingerprint density at radius 3 is 2.64 bits per heavy atom. The number of benzene rings is 1. The van der Waals surface area contributed by atoms with Gasteiger partial charge < -0.3 is 0 Å². The molecule has 0 heterocycles. The van der Waals surface area contributed by atoms with Crippen molar-refractivity contribution in [3.05, 3.63) is 42.0 Å². The fourth-order valence-corrected chi connectivity index (χ4v) is 1.76. The Labute approximate surface area is 84.3 Å². The first-order valence-electron chi connectivity index (χ1n) is 4.18. The van der Waals surface area contributed by atoms with E-state index in [9.17, 15) is 8.42 Å². The van der Waals surface area contributed by atoms with E-state index in [1.54, 1.807) is 18.2 Å². The molecule has 1 aromatic rings. The van der Waals surface area contributed by atoms with Gasteiger partial charge in [-0.05, 0) is 36.6 Å². The molecule has 0 unspecified atom stereocenters. The number of aryl methyl sites for hydroxylation is 1. The van der Waals surface area contributed by atoms with Crippen LogP contribution in [0.5, 0.6) is 0 Å². The highest BCUT2D eigenvalue weighted by Gasteiger charge is 2.08. The zero-order valence-corrected chi connectivity index (χ0v) is 8.84. The molecule has 0 aliphatic carbocycles. The second-order valence-electron chi connectivity index (χ2n) is 3.13. The highest BCUT2D eigenvalue weighted by atomic mass is 32.2. The first kappa shape index (κ1) is 10.9. The summed E-state index contributed by atoms with van der Waals surface area (Å²) in [5, 5.41) is 5.02. The van der Waals surface area contributed by atoms with Crippen molar-refractivity contribution in [2.45, 2.75) is 18.2 Å². The number of hydrogen-bond donors (Lipinski definition) is 1. The molecule has 1 aromatic carbocycles. The third-order valence-electron chi connectivity index (χ3n) is 2.01. The third-order valence-corrected chi connectivity index (χ3v) is 2.92. The summed E-state index contributed by atoms with van der Waals surface area (Å²) in [4.78, 5) is 0.153. The largest absolute Gasteiger partial charge is 0.238 e. The van der Waals surface area contributed by atoms with Crippen molar-refractivity contribution in [1.29, 1.82) is 0 Å². The van der Waals surface area contributed by atoms with E-state index in [0.29, 0.717) is 6.42 Å². The summed E-state index contributed by atoms with van der Waals surface area (Å²) in [6.45, 7) is 5.53. The maximum absolute atomic E-state index is 11.1. The molecule has 4 heteroatoms. The molecular formula is C10H13NO2S. The smallest absolute Gasteiger partial charge is 0.225 e. The van der Waals surface area contributed by atoms with Crippen LogP contribution in [-0.2, 0) is 16.4 Å². The summed E-state index contributed by atoms with van der Waals surface area (Å²) in [6.07, 6.45) is 2.38. The van der Waals surface area contributed by atoms with Crippen molar-refractivity contribution in [2.75, 3.05) is 0 Å². The van der Waals surface area contributed by atoms with Gasteiger partial charge in [0.25, 0.3) is 0 Å². The van der Waals surface area contributed by atoms with E-state index in [4.69, 9.17) is 5.14 Å². The monoisotopic (exact) mass is 211 g/mol. The van der Waals surface area contributed by atoms with Gasteiger partial charge in [0.2, 0.25) is 10.0 Å². The molecule has 1 rings (SSSR count). The van der Waals surface area contributed by atoms with Gasteiger partial charge >= 0.3 is 0 Å². The zero-order chi connectivity index (χ0) is 10.8. The van der Waals surface area contributed by atoms with Crippen molar-refractivity contribution >= 4 is 10.0 Å². The highest BCUT2D eigenvalue weighted by molar-refractivity contribution is 7.89. The van der Waals surface area contributed by atoms with Gasteiger partial charge in [-0.3, -0.25) is 0 Å². The molecular weight excluding hydrogens is 198 g/mol. The predicted octanol–water partition coefficient (Wildman–Crippen LogP) is 1.37. The molecule has 0 bridgehead atoms. The first-order chi connectivity index (χ1) is 6.45. The third kappa shape index (κ3) is 2.43. The van der Waals surface area contributed by atoms with E-state index in [-0.39, 0.29) is 4.90 Å². The Morgan fingerprint density at radius 2 is 2.14 bits per heavy atom. The zero-order valence-electron chi connectivity index (χ0n) is 8.03. The number of sulfonamides is 1. The standard InChI is InChI=1S/C10H13NO2S/c1-3-4-9-7-10(14(11,12)13)6-5-8(9)2/h3,5-7H,1,4H2,2H3,(H2,11,12,13). The average Bonchev–Trinajstić information content (AvgIpc) is 2.07. The lowest BCUT2D eigenvalue weighted by atomic mass is 10.1. The van der Waals surface area contributed by atoms with Crippen LogP contribution in [0.2, 0.25) is 0 Å². The van der Waals surface area contributed by atoms with Gasteiger partial charge in [0.1, 0.15) is 0 Å². The van der Waals surface area contributed by atoms with Crippen LogP contribution >= 0.6 is 0 Å². The predicted molar refractivity (Wildman–Crippen MR) is 56.5 cm³/mol. The van der Waals surface area contributed by atoms with Crippen LogP contribution in [0.4, 0.5) is 0 Å². The van der Waals surface area contributed by atoms with Gasteiger partial charge in [-0.25, -0.2) is 13.6 Å². The molecule has 14 heavy (non-hydrogen) atoms. The maximum atomic E-state index is 11.1. The highest BCUT2D eigenvalue weighted by Crippen LogP contribution is 2.15. The Hall–Kier alpha value is -1.13. The lowest BCUT2D eigenvalue weighted by Crippen LogP contribution is -2.12. The normalized spacial score (nSPS) is 11.3. The topological polar surface area (TPSA) is 60.2 Å². The molecule has 0 spiro atoms. The van der Waals surface area contributed by atoms with Gasteiger partial charge in [-0.2, -0.15) is 0 Å². The van der Waals surface area contributed by atoms with Crippen molar-refractivity contribution < 1.29 is 8.42 Å². The van der Waals surface area contributed by atoms with Crippen LogP contribution in [0.25, 0.3) is 0 Å². The molecule has 0 saturated carbocycles. The van der Waals surface area contributed by atoms with E-state index in [0.717, 1.165) is 11.1 Å². The van der Waals surface area contributed by atoms with Crippen LogP contribution in [0.3, 0.4) is 0 Å². The van der Waals surface area contributed by atoms with Crippen LogP contribution in [0, 0.1) is 6.92 Å². The molecule has 0 aliphatic rings. The quantitative estimate of drug-likeness (QED) is 0.768. The molecule has 0 saturated heterocycles. The van der Waals surface area contributed by atoms with Gasteiger partial charge in [0.05, 0.1) is 4.90 Å². The van der Waals surface area contributed by atoms with Crippen molar-refractivity contribution in [3.8, 4) is 0 Å². The molecule has 0 radical (unpaired) electrons. The molecule has 3 nitrogen and oxygen atoms in total. The van der Waals surface area contributed by atoms with Gasteiger partial charge in [-0.1, -0.05) is 12.1 Å². The minimum atomic E-state index is -3.59. The minimum Gasteiger partial charge on any atom is -0.225 e. The van der Waals surface area contributed by atoms with Crippen molar-refractivity contribution in [1.82, 2.24) is 0 Å². The van der Waals surface area contributed by atoms with Crippen molar-refractivity contribution in [2.24, 2.45) is 5.14 Å². The summed E-state index contributed by atoms with van der Waals surface area (Å²) in [5.74, 6) is 0. The first-order valence-corrected chi connectivity index (χ1v) is 5.73. The Balaban J connectivity index is 3.26. The van der Waals surface area contributed by atoms with Crippen LogP contribution in [-0.4, -0.2) is 8.42 Å². The van der Waals surface area contributed by atoms with Gasteiger partial charge in [0, 0.05) is 0 Å². The molecule has 0 fully saturated rings. The van der Waals surface area contributed by atoms with Crippen LogP contribution in [0.1, 0.15) is 11.1 Å². The fourth-order valence-electron chi connectivity index (χ4n) is 1.20. The summed E-state index contributed by atoms with van der Waals surface area (Å²) in [7, 11) is -3.59. The second-order valence-corrected chi connectivity index (χ2v) is 4.69. The Morgan fingerprint density at radius 1 is 1.50 bits per heavy atom. The molecule has 0 aromatic heterocycles. The molecule has 2 N–H and O–H groups in total. The van der Waals surface area contributed by atoms with E-state index in [1.807, 2.05) is 6.92 Å². The van der Waals surface area contributed by atoms with E-state index in [2.05, 4.69) is 6.58 Å². The van der Waals surface area contributed by atoms with Gasteiger partial charge in [0.15, 0.2) is 0 Å². The molecule has 0 amide bonds. The summed E-state index contributed by atoms with van der Waals surface area (Å²) < 4.78 is 22.1. The van der Waals surface area contributed by atoms with Crippen LogP contribution < -0.4 is 5.14 Å². The molecule has 0 atom stereocenters. The van der Waals surface area contributed by atoms with E-state index in [1.165, 1.54) is 6.07 Å². The number of rotatable bonds is 3. The van der Waals surface area contributed by atoms with E-state index < -0.39 is 10.0 Å². The number of hydrogen-bond acceptors (Lipinski definition) is 2. The summed E-state index contributed by atoms with van der Waals surface area (Å²) in [5.41, 5.74) is 1.98. The number of nitrogens with two attached hydrogens (primary N) is 1.